The maximum Gasteiger partial charge on any atom is 0.248 e. The molecule has 0 aliphatic rings. The van der Waals surface area contributed by atoms with Crippen LogP contribution in [-0.2, 0) is 14.8 Å². The molecule has 9 heteroatoms. The number of nitrogens with one attached hydrogen (secondary N) is 2. The third-order valence-electron chi connectivity index (χ3n) is 2.40. The summed E-state index contributed by atoms with van der Waals surface area (Å²) in [5.41, 5.74) is 11.0. The fourth-order valence-electron chi connectivity index (χ4n) is 1.33. The van der Waals surface area contributed by atoms with E-state index < -0.39 is 22.0 Å². The van der Waals surface area contributed by atoms with Gasteiger partial charge in [-0.05, 0) is 25.2 Å². The van der Waals surface area contributed by atoms with Gasteiger partial charge >= 0.3 is 0 Å². The SMILES string of the molecule is CNS(=O)(=O)c1ccc(NCC(O)C(N)=O)cc1N. The van der Waals surface area contributed by atoms with Crippen LogP contribution in [-0.4, -0.2) is 39.1 Å². The molecular weight excluding hydrogens is 272 g/mol. The molecule has 1 atom stereocenters. The molecule has 0 saturated heterocycles. The Labute approximate surface area is 110 Å². The zero-order chi connectivity index (χ0) is 14.6. The molecule has 19 heavy (non-hydrogen) atoms. The van der Waals surface area contributed by atoms with E-state index in [1.54, 1.807) is 0 Å². The number of nitrogens with two attached hydrogens (primary N) is 2. The summed E-state index contributed by atoms with van der Waals surface area (Å²) in [6.07, 6.45) is -1.33. The van der Waals surface area contributed by atoms with Crippen molar-refractivity contribution in [3.05, 3.63) is 18.2 Å². The van der Waals surface area contributed by atoms with Gasteiger partial charge in [0.25, 0.3) is 0 Å². The van der Waals surface area contributed by atoms with Crippen molar-refractivity contribution in [3.63, 3.8) is 0 Å². The summed E-state index contributed by atoms with van der Waals surface area (Å²) in [5.74, 6) is -0.852. The Bertz CT molecular complexity index is 573. The first-order chi connectivity index (χ1) is 8.77. The Morgan fingerprint density at radius 3 is 2.58 bits per heavy atom. The standard InChI is InChI=1S/C10H16N4O4S/c1-13-19(17,18)9-3-2-6(4-7(9)11)14-5-8(15)10(12)16/h2-4,8,13-15H,5,11H2,1H3,(H2,12,16). The molecule has 1 aromatic carbocycles. The van der Waals surface area contributed by atoms with E-state index >= 15 is 0 Å². The average Bonchev–Trinajstić information content (AvgIpc) is 2.35. The number of sulfonamides is 1. The van der Waals surface area contributed by atoms with Gasteiger partial charge in [0, 0.05) is 12.2 Å². The molecule has 1 amide bonds. The van der Waals surface area contributed by atoms with Crippen LogP contribution in [0, 0.1) is 0 Å². The number of amides is 1. The van der Waals surface area contributed by atoms with Gasteiger partial charge in [-0.2, -0.15) is 0 Å². The highest BCUT2D eigenvalue weighted by molar-refractivity contribution is 7.89. The Balaban J connectivity index is 2.86. The molecule has 1 aromatic rings. The van der Waals surface area contributed by atoms with E-state index in [2.05, 4.69) is 10.0 Å². The van der Waals surface area contributed by atoms with Crippen molar-refractivity contribution in [1.29, 1.82) is 0 Å². The Hall–Kier alpha value is -1.84. The van der Waals surface area contributed by atoms with E-state index in [4.69, 9.17) is 11.5 Å². The summed E-state index contributed by atoms with van der Waals surface area (Å²) < 4.78 is 25.3. The highest BCUT2D eigenvalue weighted by Gasteiger charge is 2.16. The smallest absolute Gasteiger partial charge is 0.248 e. The first kappa shape index (κ1) is 15.2. The molecule has 0 heterocycles. The second-order valence-corrected chi connectivity index (χ2v) is 5.61. The first-order valence-corrected chi connectivity index (χ1v) is 6.80. The third kappa shape index (κ3) is 3.81. The van der Waals surface area contributed by atoms with Gasteiger partial charge in [0.05, 0.1) is 5.69 Å². The van der Waals surface area contributed by atoms with Crippen LogP contribution in [0.1, 0.15) is 0 Å². The van der Waals surface area contributed by atoms with Crippen molar-refractivity contribution in [1.82, 2.24) is 4.72 Å². The quantitative estimate of drug-likeness (QED) is 0.400. The van der Waals surface area contributed by atoms with Crippen molar-refractivity contribution < 1.29 is 18.3 Å². The molecule has 0 bridgehead atoms. The molecule has 0 aliphatic heterocycles. The lowest BCUT2D eigenvalue weighted by Gasteiger charge is -2.12. The summed E-state index contributed by atoms with van der Waals surface area (Å²) in [4.78, 5) is 10.6. The molecule has 106 valence electrons. The molecule has 0 spiro atoms. The minimum atomic E-state index is -3.62. The minimum Gasteiger partial charge on any atom is -0.398 e. The first-order valence-electron chi connectivity index (χ1n) is 5.32. The van der Waals surface area contributed by atoms with Crippen molar-refractivity contribution >= 4 is 27.3 Å². The number of benzene rings is 1. The maximum atomic E-state index is 11.6. The lowest BCUT2D eigenvalue weighted by atomic mass is 10.2. The van der Waals surface area contributed by atoms with Gasteiger partial charge in [0.2, 0.25) is 15.9 Å². The van der Waals surface area contributed by atoms with E-state index in [-0.39, 0.29) is 17.1 Å². The van der Waals surface area contributed by atoms with E-state index in [0.717, 1.165) is 0 Å². The molecule has 0 saturated carbocycles. The van der Waals surface area contributed by atoms with E-state index in [1.165, 1.54) is 25.2 Å². The predicted molar refractivity (Wildman–Crippen MR) is 70.8 cm³/mol. The van der Waals surface area contributed by atoms with Crippen LogP contribution in [0.2, 0.25) is 0 Å². The van der Waals surface area contributed by atoms with Crippen molar-refractivity contribution in [3.8, 4) is 0 Å². The zero-order valence-corrected chi connectivity index (χ0v) is 11.1. The molecular formula is C10H16N4O4S. The number of anilines is 2. The number of nitrogen functional groups attached to an aromatic ring is 1. The monoisotopic (exact) mass is 288 g/mol. The molecule has 0 fully saturated rings. The van der Waals surface area contributed by atoms with Crippen LogP contribution in [0.25, 0.3) is 0 Å². The van der Waals surface area contributed by atoms with Gasteiger partial charge in [-0.1, -0.05) is 0 Å². The highest BCUT2D eigenvalue weighted by Crippen LogP contribution is 2.22. The summed E-state index contributed by atoms with van der Waals surface area (Å²) in [5, 5.41) is 11.9. The number of aliphatic hydroxyl groups excluding tert-OH is 1. The molecule has 0 radical (unpaired) electrons. The fraction of sp³-hybridized carbons (Fsp3) is 0.300. The molecule has 8 nitrogen and oxygen atoms in total. The molecule has 0 aromatic heterocycles. The van der Waals surface area contributed by atoms with Crippen molar-refractivity contribution in [2.24, 2.45) is 5.73 Å². The zero-order valence-electron chi connectivity index (χ0n) is 10.3. The number of carbonyl (C=O) groups is 1. The Morgan fingerprint density at radius 2 is 2.11 bits per heavy atom. The van der Waals surface area contributed by atoms with E-state index in [0.29, 0.717) is 5.69 Å². The molecule has 1 unspecified atom stereocenters. The molecule has 1 rings (SSSR count). The normalized spacial score (nSPS) is 12.9. The third-order valence-corrected chi connectivity index (χ3v) is 3.88. The predicted octanol–water partition coefficient (Wildman–Crippen LogP) is -1.56. The lowest BCUT2D eigenvalue weighted by Crippen LogP contribution is -2.34. The fourth-order valence-corrected chi connectivity index (χ4v) is 2.16. The number of hydrogen-bond donors (Lipinski definition) is 5. The minimum absolute atomic E-state index is 0.0454. The summed E-state index contributed by atoms with van der Waals surface area (Å²) in [6.45, 7) is -0.0904. The van der Waals surface area contributed by atoms with Crippen molar-refractivity contribution in [2.75, 3.05) is 24.6 Å². The second kappa shape index (κ2) is 5.87. The summed E-state index contributed by atoms with van der Waals surface area (Å²) in [7, 11) is -2.33. The molecule has 7 N–H and O–H groups in total. The van der Waals surface area contributed by atoms with E-state index in [9.17, 15) is 18.3 Å². The van der Waals surface area contributed by atoms with Crippen LogP contribution >= 0.6 is 0 Å². The number of carbonyl (C=O) groups excluding carboxylic acids is 1. The van der Waals surface area contributed by atoms with Gasteiger partial charge < -0.3 is 21.9 Å². The number of primary amides is 1. The maximum absolute atomic E-state index is 11.6. The number of hydrogen-bond acceptors (Lipinski definition) is 6. The Kier molecular flexibility index (Phi) is 4.70. The van der Waals surface area contributed by atoms with E-state index in [1.807, 2.05) is 0 Å². The number of aliphatic hydroxyl groups is 1. The van der Waals surface area contributed by atoms with Crippen LogP contribution < -0.4 is 21.5 Å². The lowest BCUT2D eigenvalue weighted by molar-refractivity contribution is -0.125. The summed E-state index contributed by atoms with van der Waals surface area (Å²) >= 11 is 0. The van der Waals surface area contributed by atoms with Gasteiger partial charge in [0.1, 0.15) is 11.0 Å². The van der Waals surface area contributed by atoms with Gasteiger partial charge in [-0.25, -0.2) is 13.1 Å². The van der Waals surface area contributed by atoms with Gasteiger partial charge in [-0.15, -0.1) is 0 Å². The second-order valence-electron chi connectivity index (χ2n) is 3.76. The number of rotatable bonds is 6. The van der Waals surface area contributed by atoms with Crippen LogP contribution in [0.5, 0.6) is 0 Å². The van der Waals surface area contributed by atoms with Gasteiger partial charge in [-0.3, -0.25) is 4.79 Å². The largest absolute Gasteiger partial charge is 0.398 e. The topological polar surface area (TPSA) is 148 Å². The van der Waals surface area contributed by atoms with Crippen LogP contribution in [0.4, 0.5) is 11.4 Å². The van der Waals surface area contributed by atoms with Crippen LogP contribution in [0.15, 0.2) is 23.1 Å². The van der Waals surface area contributed by atoms with Gasteiger partial charge in [0.15, 0.2) is 0 Å². The molecule has 0 aliphatic carbocycles. The van der Waals surface area contributed by atoms with Crippen molar-refractivity contribution in [2.45, 2.75) is 11.0 Å². The Morgan fingerprint density at radius 1 is 1.47 bits per heavy atom. The van der Waals surface area contributed by atoms with Crippen LogP contribution in [0.3, 0.4) is 0 Å². The highest BCUT2D eigenvalue weighted by atomic mass is 32.2. The summed E-state index contributed by atoms with van der Waals surface area (Å²) in [6, 6.07) is 4.17. The average molecular weight is 288 g/mol.